The normalized spacial score (nSPS) is 14.3. The Labute approximate surface area is 108 Å². The molecule has 1 amide bonds. The lowest BCUT2D eigenvalue weighted by Gasteiger charge is -2.20. The van der Waals surface area contributed by atoms with Crippen molar-refractivity contribution in [3.05, 3.63) is 0 Å². The largest absolute Gasteiger partial charge is 0.345 e. The van der Waals surface area contributed by atoms with Gasteiger partial charge in [-0.15, -0.1) is 0 Å². The maximum absolute atomic E-state index is 11.7. The summed E-state index contributed by atoms with van der Waals surface area (Å²) >= 11 is 0. The van der Waals surface area contributed by atoms with E-state index in [1.165, 1.54) is 6.92 Å². The highest BCUT2D eigenvalue weighted by Crippen LogP contribution is 2.02. The summed E-state index contributed by atoms with van der Waals surface area (Å²) in [6.07, 6.45) is 1.17. The summed E-state index contributed by atoms with van der Waals surface area (Å²) in [5.74, 6) is 4.44. The van der Waals surface area contributed by atoms with Gasteiger partial charge in [-0.25, -0.2) is 4.94 Å². The number of hydrogen-bond donors (Lipinski definition) is 4. The molecule has 2 unspecified atom stereocenters. The van der Waals surface area contributed by atoms with Gasteiger partial charge < -0.3 is 11.1 Å². The fourth-order valence-electron chi connectivity index (χ4n) is 1.39. The van der Waals surface area contributed by atoms with Crippen LogP contribution in [0.25, 0.3) is 0 Å². The van der Waals surface area contributed by atoms with Crippen molar-refractivity contribution in [1.82, 2.24) is 10.8 Å². The number of ketones is 1. The van der Waals surface area contributed by atoms with Gasteiger partial charge in [0.15, 0.2) is 5.78 Å². The lowest BCUT2D eigenvalue weighted by molar-refractivity contribution is -0.128. The SMILES string of the molecule is CC(=O)C(CCCNON)NC(=O)C(N)C(C)C. The van der Waals surface area contributed by atoms with Crippen LogP contribution in [0.3, 0.4) is 0 Å². The van der Waals surface area contributed by atoms with Crippen LogP contribution < -0.4 is 22.4 Å². The minimum absolute atomic E-state index is 0.0323. The van der Waals surface area contributed by atoms with Crippen molar-refractivity contribution in [3.8, 4) is 0 Å². The number of carbonyl (C=O) groups excluding carboxylic acids is 2. The highest BCUT2D eigenvalue weighted by molar-refractivity contribution is 5.89. The van der Waals surface area contributed by atoms with Gasteiger partial charge in [0, 0.05) is 6.54 Å². The Morgan fingerprint density at radius 3 is 2.39 bits per heavy atom. The summed E-state index contributed by atoms with van der Waals surface area (Å²) in [6, 6.07) is -1.11. The van der Waals surface area contributed by atoms with E-state index in [0.29, 0.717) is 19.4 Å². The molecule has 0 saturated carbocycles. The molecule has 0 aliphatic rings. The first-order valence-electron chi connectivity index (χ1n) is 6.05. The molecule has 0 fully saturated rings. The third-order valence-electron chi connectivity index (χ3n) is 2.68. The molecule has 106 valence electrons. The average molecular weight is 260 g/mol. The lowest BCUT2D eigenvalue weighted by Crippen LogP contribution is -2.50. The number of hydrogen-bond acceptors (Lipinski definition) is 6. The minimum Gasteiger partial charge on any atom is -0.345 e. The number of amides is 1. The van der Waals surface area contributed by atoms with Crippen LogP contribution in [0, 0.1) is 5.92 Å². The molecule has 0 heterocycles. The van der Waals surface area contributed by atoms with Gasteiger partial charge in [0.2, 0.25) is 5.91 Å². The molecule has 7 nitrogen and oxygen atoms in total. The van der Waals surface area contributed by atoms with Gasteiger partial charge in [-0.2, -0.15) is 11.4 Å². The fourth-order valence-corrected chi connectivity index (χ4v) is 1.39. The van der Waals surface area contributed by atoms with Crippen molar-refractivity contribution in [2.75, 3.05) is 6.54 Å². The molecule has 0 aromatic carbocycles. The van der Waals surface area contributed by atoms with Gasteiger partial charge in [0.05, 0.1) is 12.1 Å². The predicted octanol–water partition coefficient (Wildman–Crippen LogP) is -0.781. The van der Waals surface area contributed by atoms with Gasteiger partial charge in [-0.1, -0.05) is 13.8 Å². The Morgan fingerprint density at radius 1 is 1.33 bits per heavy atom. The van der Waals surface area contributed by atoms with E-state index in [9.17, 15) is 9.59 Å². The Hall–Kier alpha value is -1.02. The van der Waals surface area contributed by atoms with E-state index in [-0.39, 0.29) is 17.6 Å². The molecule has 0 saturated heterocycles. The molecular weight excluding hydrogens is 236 g/mol. The number of rotatable bonds is 9. The Bertz CT molecular complexity index is 271. The van der Waals surface area contributed by atoms with E-state index >= 15 is 0 Å². The standard InChI is InChI=1S/C11H24N4O3/c1-7(2)10(12)11(17)15-9(8(3)16)5-4-6-14-18-13/h7,9-10,14H,4-6,12-13H2,1-3H3,(H,15,17). The highest BCUT2D eigenvalue weighted by atomic mass is 16.8. The quantitative estimate of drug-likeness (QED) is 0.319. The molecule has 0 bridgehead atoms. The topological polar surface area (TPSA) is 119 Å². The lowest BCUT2D eigenvalue weighted by atomic mass is 10.0. The number of hydroxylamine groups is 1. The average Bonchev–Trinajstić information content (AvgIpc) is 2.31. The Kier molecular flexibility index (Phi) is 8.47. The number of nitrogens with two attached hydrogens (primary N) is 2. The summed E-state index contributed by atoms with van der Waals surface area (Å²) < 4.78 is 0. The number of nitrogens with one attached hydrogen (secondary N) is 2. The first-order valence-corrected chi connectivity index (χ1v) is 6.05. The molecule has 0 spiro atoms. The van der Waals surface area contributed by atoms with Crippen molar-refractivity contribution in [1.29, 1.82) is 0 Å². The summed E-state index contributed by atoms with van der Waals surface area (Å²) in [5, 5.41) is 2.66. The molecule has 7 heteroatoms. The zero-order valence-electron chi connectivity index (χ0n) is 11.2. The number of carbonyl (C=O) groups is 2. The summed E-state index contributed by atoms with van der Waals surface area (Å²) in [6.45, 7) is 5.66. The van der Waals surface area contributed by atoms with Crippen LogP contribution >= 0.6 is 0 Å². The van der Waals surface area contributed by atoms with Crippen molar-refractivity contribution < 1.29 is 14.5 Å². The molecule has 18 heavy (non-hydrogen) atoms. The third-order valence-corrected chi connectivity index (χ3v) is 2.68. The van der Waals surface area contributed by atoms with E-state index in [0.717, 1.165) is 0 Å². The van der Waals surface area contributed by atoms with Crippen molar-refractivity contribution >= 4 is 11.7 Å². The summed E-state index contributed by atoms with van der Waals surface area (Å²) in [4.78, 5) is 27.3. The first kappa shape index (κ1) is 17.0. The van der Waals surface area contributed by atoms with Crippen LogP contribution in [-0.4, -0.2) is 30.3 Å². The predicted molar refractivity (Wildman–Crippen MR) is 67.9 cm³/mol. The summed E-state index contributed by atoms with van der Waals surface area (Å²) in [7, 11) is 0. The molecular formula is C11H24N4O3. The second-order valence-corrected chi connectivity index (χ2v) is 4.60. The van der Waals surface area contributed by atoms with E-state index in [1.54, 1.807) is 0 Å². The van der Waals surface area contributed by atoms with Crippen LogP contribution in [-0.2, 0) is 14.5 Å². The molecule has 2 atom stereocenters. The second kappa shape index (κ2) is 8.98. The van der Waals surface area contributed by atoms with Crippen LogP contribution in [0.1, 0.15) is 33.6 Å². The molecule has 0 aromatic heterocycles. The van der Waals surface area contributed by atoms with Crippen LogP contribution in [0.5, 0.6) is 0 Å². The van der Waals surface area contributed by atoms with Crippen LogP contribution in [0.2, 0.25) is 0 Å². The van der Waals surface area contributed by atoms with Crippen molar-refractivity contribution in [3.63, 3.8) is 0 Å². The van der Waals surface area contributed by atoms with Gasteiger partial charge in [0.1, 0.15) is 0 Å². The fraction of sp³-hybridized carbons (Fsp3) is 0.818. The van der Waals surface area contributed by atoms with E-state index in [1.807, 2.05) is 13.8 Å². The van der Waals surface area contributed by atoms with Crippen LogP contribution in [0.15, 0.2) is 0 Å². The molecule has 0 rings (SSSR count). The van der Waals surface area contributed by atoms with E-state index < -0.39 is 12.1 Å². The molecule has 6 N–H and O–H groups in total. The molecule has 0 radical (unpaired) electrons. The third kappa shape index (κ3) is 6.65. The van der Waals surface area contributed by atoms with Gasteiger partial charge in [-0.3, -0.25) is 9.59 Å². The van der Waals surface area contributed by atoms with Gasteiger partial charge >= 0.3 is 0 Å². The van der Waals surface area contributed by atoms with E-state index in [2.05, 4.69) is 15.7 Å². The van der Waals surface area contributed by atoms with Crippen LogP contribution in [0.4, 0.5) is 0 Å². The van der Waals surface area contributed by atoms with E-state index in [4.69, 9.17) is 11.6 Å². The monoisotopic (exact) mass is 260 g/mol. The maximum Gasteiger partial charge on any atom is 0.237 e. The Balaban J connectivity index is 4.19. The smallest absolute Gasteiger partial charge is 0.237 e. The van der Waals surface area contributed by atoms with Crippen molar-refractivity contribution in [2.45, 2.75) is 45.7 Å². The zero-order valence-corrected chi connectivity index (χ0v) is 11.2. The minimum atomic E-state index is -0.600. The molecule has 0 aliphatic heterocycles. The number of Topliss-reactive ketones (excluding diaryl/α,β-unsaturated/α-hetero) is 1. The zero-order chi connectivity index (χ0) is 14.1. The maximum atomic E-state index is 11.7. The van der Waals surface area contributed by atoms with Gasteiger partial charge in [0.25, 0.3) is 0 Å². The summed E-state index contributed by atoms with van der Waals surface area (Å²) in [5.41, 5.74) is 8.18. The van der Waals surface area contributed by atoms with Crippen molar-refractivity contribution in [2.24, 2.45) is 17.5 Å². The second-order valence-electron chi connectivity index (χ2n) is 4.60. The highest BCUT2D eigenvalue weighted by Gasteiger charge is 2.22. The Morgan fingerprint density at radius 2 is 1.94 bits per heavy atom. The molecule has 0 aromatic rings. The first-order chi connectivity index (χ1) is 8.40. The molecule has 0 aliphatic carbocycles. The van der Waals surface area contributed by atoms with Gasteiger partial charge in [-0.05, 0) is 25.7 Å².